The molecule has 0 spiro atoms. The number of hydrogen-bond donors (Lipinski definition) is 1. The molecule has 0 radical (unpaired) electrons. The van der Waals surface area contributed by atoms with Gasteiger partial charge in [0.2, 0.25) is 5.91 Å². The summed E-state index contributed by atoms with van der Waals surface area (Å²) in [5, 5.41) is 11.0. The molecule has 9 heteroatoms. The molecular weight excluding hydrogens is 464 g/mol. The van der Waals surface area contributed by atoms with Crippen LogP contribution in [0.2, 0.25) is 0 Å². The Bertz CT molecular complexity index is 1230. The van der Waals surface area contributed by atoms with E-state index >= 15 is 0 Å². The Kier molecular flexibility index (Phi) is 6.88. The molecule has 7 nitrogen and oxygen atoms in total. The summed E-state index contributed by atoms with van der Waals surface area (Å²) < 4.78 is 27.2. The number of benzene rings is 2. The van der Waals surface area contributed by atoms with Crippen LogP contribution in [0.4, 0.5) is 20.3 Å². The molecule has 1 N–H and O–H groups in total. The minimum atomic E-state index is -0.834. The summed E-state index contributed by atoms with van der Waals surface area (Å²) in [7, 11) is 0. The Labute approximate surface area is 208 Å². The molecule has 2 fully saturated rings. The summed E-state index contributed by atoms with van der Waals surface area (Å²) in [6.07, 6.45) is 3.89. The van der Waals surface area contributed by atoms with Gasteiger partial charge in [-0.05, 0) is 67.1 Å². The Morgan fingerprint density at radius 3 is 2.42 bits per heavy atom. The first kappa shape index (κ1) is 23.8. The van der Waals surface area contributed by atoms with Gasteiger partial charge in [0.05, 0.1) is 11.5 Å². The summed E-state index contributed by atoms with van der Waals surface area (Å²) in [6, 6.07) is 14.6. The van der Waals surface area contributed by atoms with Crippen molar-refractivity contribution >= 4 is 23.3 Å². The zero-order valence-corrected chi connectivity index (χ0v) is 19.7. The van der Waals surface area contributed by atoms with Crippen molar-refractivity contribution in [3.63, 3.8) is 0 Å². The molecule has 2 aliphatic heterocycles. The van der Waals surface area contributed by atoms with Gasteiger partial charge in [-0.1, -0.05) is 12.1 Å². The fourth-order valence-corrected chi connectivity index (χ4v) is 4.98. The van der Waals surface area contributed by atoms with Crippen LogP contribution in [-0.4, -0.2) is 53.1 Å². The standard InChI is InChI=1S/C27H27F2N5O2/c28-21-5-8-23(24(29)16-21)27(36)33-13-9-19(10-14-33)18-3-6-22(7-4-18)31-26(35)20-11-15-34(17-20)25-2-1-12-30-32-25/h1-8,12,16,19-20H,9-11,13-15,17H2,(H,31,35). The number of rotatable bonds is 5. The Balaban J connectivity index is 1.13. The molecule has 1 atom stereocenters. The van der Waals surface area contributed by atoms with E-state index in [1.165, 1.54) is 6.07 Å². The van der Waals surface area contributed by atoms with E-state index in [1.807, 2.05) is 36.4 Å². The lowest BCUT2D eigenvalue weighted by atomic mass is 9.89. The average Bonchev–Trinajstić information content (AvgIpc) is 3.40. The SMILES string of the molecule is O=C(Nc1ccc(C2CCN(C(=O)c3ccc(F)cc3F)CC2)cc1)C1CCN(c2cccnn2)C1. The van der Waals surface area contributed by atoms with Crippen molar-refractivity contribution < 1.29 is 18.4 Å². The number of halogens is 2. The molecule has 2 aliphatic rings. The van der Waals surface area contributed by atoms with Crippen LogP contribution in [0.1, 0.15) is 41.1 Å². The number of aromatic nitrogens is 2. The van der Waals surface area contributed by atoms with E-state index in [9.17, 15) is 18.4 Å². The second-order valence-corrected chi connectivity index (χ2v) is 9.32. The first-order chi connectivity index (χ1) is 17.5. The quantitative estimate of drug-likeness (QED) is 0.578. The minimum Gasteiger partial charge on any atom is -0.354 e. The van der Waals surface area contributed by atoms with Gasteiger partial charge in [-0.3, -0.25) is 9.59 Å². The third-order valence-electron chi connectivity index (χ3n) is 7.03. The zero-order valence-electron chi connectivity index (χ0n) is 19.7. The number of piperidine rings is 1. The van der Waals surface area contributed by atoms with Crippen molar-refractivity contribution in [3.05, 3.63) is 83.6 Å². The van der Waals surface area contributed by atoms with Crippen molar-refractivity contribution in [2.75, 3.05) is 36.4 Å². The van der Waals surface area contributed by atoms with E-state index in [1.54, 1.807) is 11.1 Å². The molecule has 186 valence electrons. The highest BCUT2D eigenvalue weighted by atomic mass is 19.1. The van der Waals surface area contributed by atoms with E-state index in [2.05, 4.69) is 20.4 Å². The highest BCUT2D eigenvalue weighted by Gasteiger charge is 2.30. The van der Waals surface area contributed by atoms with Gasteiger partial charge in [0, 0.05) is 44.1 Å². The van der Waals surface area contributed by atoms with Gasteiger partial charge in [-0.2, -0.15) is 5.10 Å². The third kappa shape index (κ3) is 5.19. The molecular formula is C27H27F2N5O2. The fourth-order valence-electron chi connectivity index (χ4n) is 4.98. The normalized spacial score (nSPS) is 18.3. The first-order valence-corrected chi connectivity index (χ1v) is 12.2. The maximum atomic E-state index is 14.0. The van der Waals surface area contributed by atoms with Crippen LogP contribution >= 0.6 is 0 Å². The van der Waals surface area contributed by atoms with Crippen LogP contribution in [0.5, 0.6) is 0 Å². The molecule has 0 aliphatic carbocycles. The summed E-state index contributed by atoms with van der Waals surface area (Å²) in [6.45, 7) is 2.39. The van der Waals surface area contributed by atoms with Crippen LogP contribution in [0.3, 0.4) is 0 Å². The van der Waals surface area contributed by atoms with Crippen molar-refractivity contribution in [2.45, 2.75) is 25.2 Å². The van der Waals surface area contributed by atoms with E-state index in [0.29, 0.717) is 19.6 Å². The lowest BCUT2D eigenvalue weighted by molar-refractivity contribution is -0.119. The zero-order chi connectivity index (χ0) is 25.1. The maximum Gasteiger partial charge on any atom is 0.256 e. The number of likely N-dealkylation sites (tertiary alicyclic amines) is 1. The molecule has 2 saturated heterocycles. The molecule has 1 unspecified atom stereocenters. The smallest absolute Gasteiger partial charge is 0.256 e. The highest BCUT2D eigenvalue weighted by Crippen LogP contribution is 2.30. The largest absolute Gasteiger partial charge is 0.354 e. The molecule has 0 bridgehead atoms. The second kappa shape index (κ2) is 10.4. The molecule has 3 aromatic rings. The summed E-state index contributed by atoms with van der Waals surface area (Å²) in [5.74, 6) is -1.00. The number of anilines is 2. The average molecular weight is 492 g/mol. The van der Waals surface area contributed by atoms with Gasteiger partial charge < -0.3 is 15.1 Å². The number of carbonyl (C=O) groups is 2. The maximum absolute atomic E-state index is 14.0. The van der Waals surface area contributed by atoms with Crippen molar-refractivity contribution in [3.8, 4) is 0 Å². The van der Waals surface area contributed by atoms with Crippen molar-refractivity contribution in [1.82, 2.24) is 15.1 Å². The summed E-state index contributed by atoms with van der Waals surface area (Å²) in [5.41, 5.74) is 1.79. The van der Waals surface area contributed by atoms with E-state index in [4.69, 9.17) is 0 Å². The van der Waals surface area contributed by atoms with E-state index < -0.39 is 17.5 Å². The Morgan fingerprint density at radius 2 is 1.72 bits per heavy atom. The van der Waals surface area contributed by atoms with Crippen LogP contribution in [-0.2, 0) is 4.79 Å². The Hall–Kier alpha value is -3.88. The first-order valence-electron chi connectivity index (χ1n) is 12.2. The molecule has 0 saturated carbocycles. The predicted molar refractivity (Wildman–Crippen MR) is 132 cm³/mol. The van der Waals surface area contributed by atoms with Crippen molar-refractivity contribution in [2.24, 2.45) is 5.92 Å². The summed E-state index contributed by atoms with van der Waals surface area (Å²) >= 11 is 0. The number of nitrogens with zero attached hydrogens (tertiary/aromatic N) is 4. The van der Waals surface area contributed by atoms with Gasteiger partial charge in [-0.15, -0.1) is 5.10 Å². The number of hydrogen-bond acceptors (Lipinski definition) is 5. The lowest BCUT2D eigenvalue weighted by Crippen LogP contribution is -2.38. The topological polar surface area (TPSA) is 78.4 Å². The van der Waals surface area contributed by atoms with E-state index in [0.717, 1.165) is 55.0 Å². The highest BCUT2D eigenvalue weighted by molar-refractivity contribution is 5.94. The molecule has 5 rings (SSSR count). The molecule has 3 heterocycles. The molecule has 1 aromatic heterocycles. The molecule has 2 amide bonds. The van der Waals surface area contributed by atoms with Crippen molar-refractivity contribution in [1.29, 1.82) is 0 Å². The molecule has 2 aromatic carbocycles. The van der Waals surface area contributed by atoms with Gasteiger partial charge in [0.1, 0.15) is 11.6 Å². The number of amides is 2. The Morgan fingerprint density at radius 1 is 0.944 bits per heavy atom. The van der Waals surface area contributed by atoms with Crippen LogP contribution < -0.4 is 10.2 Å². The van der Waals surface area contributed by atoms with E-state index in [-0.39, 0.29) is 23.3 Å². The fraction of sp³-hybridized carbons (Fsp3) is 0.333. The summed E-state index contributed by atoms with van der Waals surface area (Å²) in [4.78, 5) is 29.1. The monoisotopic (exact) mass is 491 g/mol. The minimum absolute atomic E-state index is 0.00557. The lowest BCUT2D eigenvalue weighted by Gasteiger charge is -2.32. The van der Waals surface area contributed by atoms with Crippen LogP contribution in [0.15, 0.2) is 60.8 Å². The molecule has 36 heavy (non-hydrogen) atoms. The van der Waals surface area contributed by atoms with Gasteiger partial charge in [0.15, 0.2) is 5.82 Å². The predicted octanol–water partition coefficient (Wildman–Crippen LogP) is 4.24. The second-order valence-electron chi connectivity index (χ2n) is 9.32. The van der Waals surface area contributed by atoms with Crippen LogP contribution in [0, 0.1) is 17.6 Å². The van der Waals surface area contributed by atoms with Gasteiger partial charge in [0.25, 0.3) is 5.91 Å². The third-order valence-corrected chi connectivity index (χ3v) is 7.03. The van der Waals surface area contributed by atoms with Crippen LogP contribution in [0.25, 0.3) is 0 Å². The van der Waals surface area contributed by atoms with Gasteiger partial charge >= 0.3 is 0 Å². The number of carbonyl (C=O) groups excluding carboxylic acids is 2. The number of nitrogens with one attached hydrogen (secondary N) is 1. The van der Waals surface area contributed by atoms with Gasteiger partial charge in [-0.25, -0.2) is 8.78 Å².